The van der Waals surface area contributed by atoms with Gasteiger partial charge in [0.2, 0.25) is 0 Å². The largest absolute Gasteiger partial charge is 0.497 e. The number of carbonyl (C=O) groups is 1. The number of rotatable bonds is 6. The van der Waals surface area contributed by atoms with Crippen LogP contribution in [0, 0.1) is 0 Å². The van der Waals surface area contributed by atoms with E-state index in [1.165, 1.54) is 0 Å². The molecule has 1 aliphatic carbocycles. The van der Waals surface area contributed by atoms with E-state index in [0.717, 1.165) is 11.1 Å². The van der Waals surface area contributed by atoms with Crippen LogP contribution in [0.3, 0.4) is 0 Å². The minimum atomic E-state index is -0.229. The van der Waals surface area contributed by atoms with Crippen LogP contribution in [0.1, 0.15) is 23.0 Å². The summed E-state index contributed by atoms with van der Waals surface area (Å²) in [5, 5.41) is 0. The maximum atomic E-state index is 12.5. The maximum absolute atomic E-state index is 12.5. The number of hydrogen-bond donors (Lipinski definition) is 0. The highest BCUT2D eigenvalue weighted by Crippen LogP contribution is 2.55. The molecule has 24 heavy (non-hydrogen) atoms. The number of carbonyl (C=O) groups excluding carboxylic acids is 1. The lowest BCUT2D eigenvalue weighted by Crippen LogP contribution is -1.95. The Kier molecular flexibility index (Phi) is 4.34. The van der Waals surface area contributed by atoms with Crippen LogP contribution in [-0.4, -0.2) is 34.2 Å². The second-order valence-corrected chi connectivity index (χ2v) is 5.57. The number of ether oxygens (including phenoxy) is 4. The standard InChI is InChI=1S/C19H20O5/c1-21-11-5-7-13(15(9-11)23-3)17-18(19(17)20)14-8-6-12(22-2)10-16(14)24-4/h5-10,17-18H,1-4H3. The van der Waals surface area contributed by atoms with Crippen molar-refractivity contribution >= 4 is 5.78 Å². The zero-order valence-electron chi connectivity index (χ0n) is 14.2. The van der Waals surface area contributed by atoms with Gasteiger partial charge in [0.15, 0.2) is 0 Å². The van der Waals surface area contributed by atoms with E-state index in [-0.39, 0.29) is 17.6 Å². The van der Waals surface area contributed by atoms with Gasteiger partial charge in [0.05, 0.1) is 40.3 Å². The van der Waals surface area contributed by atoms with E-state index < -0.39 is 0 Å². The molecule has 1 aliphatic rings. The molecule has 1 fully saturated rings. The highest BCUT2D eigenvalue weighted by atomic mass is 16.5. The summed E-state index contributed by atoms with van der Waals surface area (Å²) in [6, 6.07) is 11.0. The molecule has 0 amide bonds. The first-order valence-electron chi connectivity index (χ1n) is 7.62. The molecule has 0 bridgehead atoms. The van der Waals surface area contributed by atoms with Gasteiger partial charge in [-0.05, 0) is 12.1 Å². The molecule has 2 unspecified atom stereocenters. The van der Waals surface area contributed by atoms with Gasteiger partial charge in [0, 0.05) is 23.3 Å². The van der Waals surface area contributed by atoms with Gasteiger partial charge in [0.1, 0.15) is 28.8 Å². The van der Waals surface area contributed by atoms with E-state index in [1.54, 1.807) is 40.6 Å². The van der Waals surface area contributed by atoms with Gasteiger partial charge < -0.3 is 18.9 Å². The average molecular weight is 328 g/mol. The van der Waals surface area contributed by atoms with Gasteiger partial charge in [-0.3, -0.25) is 4.79 Å². The summed E-state index contributed by atoms with van der Waals surface area (Å²) in [4.78, 5) is 12.5. The number of hydrogen-bond acceptors (Lipinski definition) is 5. The first-order chi connectivity index (χ1) is 11.6. The summed E-state index contributed by atoms with van der Waals surface area (Å²) in [7, 11) is 6.38. The first kappa shape index (κ1) is 16.2. The Hall–Kier alpha value is -2.69. The number of Topliss-reactive ketones (excluding diaryl/α,β-unsaturated/α-hetero) is 1. The minimum Gasteiger partial charge on any atom is -0.497 e. The summed E-state index contributed by atoms with van der Waals surface area (Å²) in [6.07, 6.45) is 0. The van der Waals surface area contributed by atoms with Crippen molar-refractivity contribution in [2.75, 3.05) is 28.4 Å². The molecule has 2 aromatic carbocycles. The molecule has 0 aliphatic heterocycles. The van der Waals surface area contributed by atoms with Gasteiger partial charge in [0.25, 0.3) is 0 Å². The summed E-state index contributed by atoms with van der Waals surface area (Å²) in [6.45, 7) is 0. The fourth-order valence-electron chi connectivity index (χ4n) is 3.06. The predicted molar refractivity (Wildman–Crippen MR) is 89.6 cm³/mol. The van der Waals surface area contributed by atoms with E-state index >= 15 is 0 Å². The summed E-state index contributed by atoms with van der Waals surface area (Å²) in [5.74, 6) is 2.40. The molecule has 0 N–H and O–H groups in total. The first-order valence-corrected chi connectivity index (χ1v) is 7.62. The van der Waals surface area contributed by atoms with Crippen LogP contribution in [0.25, 0.3) is 0 Å². The fraction of sp³-hybridized carbons (Fsp3) is 0.316. The lowest BCUT2D eigenvalue weighted by molar-refractivity contribution is -0.110. The second-order valence-electron chi connectivity index (χ2n) is 5.57. The summed E-state index contributed by atoms with van der Waals surface area (Å²) >= 11 is 0. The molecule has 2 aromatic rings. The third kappa shape index (κ3) is 2.66. The molecule has 2 atom stereocenters. The third-order valence-electron chi connectivity index (χ3n) is 4.39. The molecule has 126 valence electrons. The van der Waals surface area contributed by atoms with Crippen LogP contribution < -0.4 is 18.9 Å². The molecule has 0 aromatic heterocycles. The number of methoxy groups -OCH3 is 4. The second kappa shape index (κ2) is 6.43. The molecule has 5 nitrogen and oxygen atoms in total. The molecule has 3 rings (SSSR count). The van der Waals surface area contributed by atoms with Gasteiger partial charge >= 0.3 is 0 Å². The Morgan fingerprint density at radius 3 is 1.42 bits per heavy atom. The predicted octanol–water partition coefficient (Wildman–Crippen LogP) is 3.17. The zero-order valence-corrected chi connectivity index (χ0v) is 14.2. The van der Waals surface area contributed by atoms with Crippen molar-refractivity contribution in [1.29, 1.82) is 0 Å². The van der Waals surface area contributed by atoms with Crippen LogP contribution >= 0.6 is 0 Å². The molecule has 0 heterocycles. The van der Waals surface area contributed by atoms with Crippen molar-refractivity contribution in [3.05, 3.63) is 47.5 Å². The quantitative estimate of drug-likeness (QED) is 0.815. The third-order valence-corrected chi connectivity index (χ3v) is 4.39. The van der Waals surface area contributed by atoms with E-state index in [1.807, 2.05) is 24.3 Å². The normalized spacial score (nSPS) is 18.9. The van der Waals surface area contributed by atoms with Gasteiger partial charge in [-0.2, -0.15) is 0 Å². The minimum absolute atomic E-state index is 0.155. The molecular formula is C19H20O5. The van der Waals surface area contributed by atoms with Crippen LogP contribution in [0.2, 0.25) is 0 Å². The van der Waals surface area contributed by atoms with E-state index in [9.17, 15) is 4.79 Å². The number of benzene rings is 2. The Labute approximate surface area is 141 Å². The van der Waals surface area contributed by atoms with Crippen molar-refractivity contribution in [2.45, 2.75) is 11.8 Å². The topological polar surface area (TPSA) is 54.0 Å². The highest BCUT2D eigenvalue weighted by molar-refractivity contribution is 6.10. The highest BCUT2D eigenvalue weighted by Gasteiger charge is 2.53. The monoisotopic (exact) mass is 328 g/mol. The molecular weight excluding hydrogens is 308 g/mol. The molecule has 0 radical (unpaired) electrons. The van der Waals surface area contributed by atoms with Gasteiger partial charge in [-0.25, -0.2) is 0 Å². The smallest absolute Gasteiger partial charge is 0.150 e. The van der Waals surface area contributed by atoms with E-state index in [4.69, 9.17) is 18.9 Å². The van der Waals surface area contributed by atoms with Crippen molar-refractivity contribution < 1.29 is 23.7 Å². The van der Waals surface area contributed by atoms with Gasteiger partial charge in [-0.1, -0.05) is 12.1 Å². The average Bonchev–Trinajstić information content (AvgIpc) is 3.30. The molecule has 0 spiro atoms. The fourth-order valence-corrected chi connectivity index (χ4v) is 3.06. The zero-order chi connectivity index (χ0) is 17.3. The van der Waals surface area contributed by atoms with Crippen molar-refractivity contribution in [2.24, 2.45) is 0 Å². The van der Waals surface area contributed by atoms with E-state index in [2.05, 4.69) is 0 Å². The number of ketones is 1. The van der Waals surface area contributed by atoms with Crippen LogP contribution in [-0.2, 0) is 4.79 Å². The van der Waals surface area contributed by atoms with Gasteiger partial charge in [-0.15, -0.1) is 0 Å². The molecule has 5 heteroatoms. The molecule has 1 saturated carbocycles. The van der Waals surface area contributed by atoms with Crippen LogP contribution in [0.5, 0.6) is 23.0 Å². The summed E-state index contributed by atoms with van der Waals surface area (Å²) in [5.41, 5.74) is 1.73. The van der Waals surface area contributed by atoms with E-state index in [0.29, 0.717) is 23.0 Å². The SMILES string of the molecule is COc1ccc(C2C(=O)C2c2ccc(OC)cc2OC)c(OC)c1. The van der Waals surface area contributed by atoms with Crippen molar-refractivity contribution in [1.82, 2.24) is 0 Å². The summed E-state index contributed by atoms with van der Waals surface area (Å²) < 4.78 is 21.3. The van der Waals surface area contributed by atoms with Crippen molar-refractivity contribution in [3.8, 4) is 23.0 Å². The van der Waals surface area contributed by atoms with Crippen LogP contribution in [0.4, 0.5) is 0 Å². The Morgan fingerprint density at radius 1 is 0.667 bits per heavy atom. The Bertz CT molecular complexity index is 705. The Balaban J connectivity index is 1.96. The van der Waals surface area contributed by atoms with Crippen molar-refractivity contribution in [3.63, 3.8) is 0 Å². The maximum Gasteiger partial charge on any atom is 0.150 e. The van der Waals surface area contributed by atoms with Crippen LogP contribution in [0.15, 0.2) is 36.4 Å². The lowest BCUT2D eigenvalue weighted by atomic mass is 10.0. The Morgan fingerprint density at radius 2 is 1.08 bits per heavy atom. The molecule has 0 saturated heterocycles. The lowest BCUT2D eigenvalue weighted by Gasteiger charge is -2.11.